The number of aryl methyl sites for hydroxylation is 1. The van der Waals surface area contributed by atoms with Crippen LogP contribution in [0.1, 0.15) is 5.69 Å². The van der Waals surface area contributed by atoms with E-state index >= 15 is 0 Å². The van der Waals surface area contributed by atoms with Gasteiger partial charge in [0.2, 0.25) is 0 Å². The molecule has 0 N–H and O–H groups in total. The molecule has 2 aromatic heterocycles. The van der Waals surface area contributed by atoms with E-state index in [2.05, 4.69) is 21.9 Å². The zero-order valence-electron chi connectivity index (χ0n) is 9.63. The van der Waals surface area contributed by atoms with Gasteiger partial charge < -0.3 is 0 Å². The highest BCUT2D eigenvalue weighted by Crippen LogP contribution is 2.22. The second kappa shape index (κ2) is 4.55. The molecule has 0 unspecified atom stereocenters. The largest absolute Gasteiger partial charge is 0.275 e. The Labute approximate surface area is 104 Å². The fourth-order valence-electron chi connectivity index (χ4n) is 1.57. The summed E-state index contributed by atoms with van der Waals surface area (Å²) in [7, 11) is 3.50. The van der Waals surface area contributed by atoms with Crippen LogP contribution in [0.4, 0.5) is 0 Å². The first-order chi connectivity index (χ1) is 8.15. The van der Waals surface area contributed by atoms with E-state index in [0.29, 0.717) is 10.9 Å². The number of halogens is 1. The van der Waals surface area contributed by atoms with Gasteiger partial charge in [-0.2, -0.15) is 10.2 Å². The molecule has 0 aliphatic rings. The van der Waals surface area contributed by atoms with Crippen molar-refractivity contribution in [3.8, 4) is 11.1 Å². The van der Waals surface area contributed by atoms with Crippen molar-refractivity contribution in [3.05, 3.63) is 30.4 Å². The van der Waals surface area contributed by atoms with Gasteiger partial charge in [-0.1, -0.05) is 11.6 Å². The van der Waals surface area contributed by atoms with E-state index in [0.717, 1.165) is 11.1 Å². The van der Waals surface area contributed by atoms with Crippen LogP contribution in [0.15, 0.2) is 34.8 Å². The maximum atomic E-state index is 6.00. The molecule has 6 heteroatoms. The number of nitrogens with zero attached hydrogens (tertiary/aromatic N) is 5. The summed E-state index contributed by atoms with van der Waals surface area (Å²) >= 11 is 6.00. The van der Waals surface area contributed by atoms with Crippen molar-refractivity contribution in [2.45, 2.75) is 0 Å². The van der Waals surface area contributed by atoms with Crippen LogP contribution in [0.2, 0.25) is 0 Å². The zero-order chi connectivity index (χ0) is 12.4. The Hall–Kier alpha value is -1.88. The maximum absolute atomic E-state index is 6.00. The van der Waals surface area contributed by atoms with Gasteiger partial charge >= 0.3 is 0 Å². The number of hydrogen-bond donors (Lipinski definition) is 0. The highest BCUT2D eigenvalue weighted by atomic mass is 35.5. The van der Waals surface area contributed by atoms with Crippen molar-refractivity contribution in [2.24, 2.45) is 17.1 Å². The van der Waals surface area contributed by atoms with Crippen LogP contribution in [-0.2, 0) is 7.05 Å². The average Bonchev–Trinajstić information content (AvgIpc) is 2.93. The van der Waals surface area contributed by atoms with Crippen LogP contribution in [0.3, 0.4) is 0 Å². The van der Waals surface area contributed by atoms with Gasteiger partial charge in [-0.05, 0) is 6.07 Å². The molecule has 0 amide bonds. The molecular formula is C11H12ClN5. The van der Waals surface area contributed by atoms with Crippen LogP contribution in [-0.4, -0.2) is 33.4 Å². The molecule has 0 aliphatic heterocycles. The van der Waals surface area contributed by atoms with Crippen LogP contribution in [0, 0.1) is 0 Å². The Morgan fingerprint density at radius 1 is 1.41 bits per heavy atom. The van der Waals surface area contributed by atoms with Crippen molar-refractivity contribution in [1.82, 2.24) is 14.5 Å². The summed E-state index contributed by atoms with van der Waals surface area (Å²) in [5.74, 6) is 0. The summed E-state index contributed by atoms with van der Waals surface area (Å²) in [6, 6.07) is 1.90. The zero-order valence-corrected chi connectivity index (χ0v) is 10.4. The molecule has 0 saturated carbocycles. The summed E-state index contributed by atoms with van der Waals surface area (Å²) in [6.45, 7) is 3.50. The molecular weight excluding hydrogens is 238 g/mol. The van der Waals surface area contributed by atoms with Gasteiger partial charge in [-0.3, -0.25) is 9.67 Å². The topological polar surface area (TPSA) is 47.5 Å². The van der Waals surface area contributed by atoms with E-state index in [1.54, 1.807) is 22.6 Å². The van der Waals surface area contributed by atoms with Gasteiger partial charge in [0.25, 0.3) is 0 Å². The molecule has 0 radical (unpaired) electrons. The number of hydrogen-bond acceptors (Lipinski definition) is 3. The quantitative estimate of drug-likeness (QED) is 0.767. The van der Waals surface area contributed by atoms with Crippen molar-refractivity contribution in [1.29, 1.82) is 0 Å². The highest BCUT2D eigenvalue weighted by molar-refractivity contribution is 6.69. The van der Waals surface area contributed by atoms with Gasteiger partial charge in [0.1, 0.15) is 10.9 Å². The monoisotopic (exact) mass is 249 g/mol. The Morgan fingerprint density at radius 3 is 2.71 bits per heavy atom. The van der Waals surface area contributed by atoms with Gasteiger partial charge in [-0.15, -0.1) is 0 Å². The molecule has 0 bridgehead atoms. The Balaban J connectivity index is 2.51. The first kappa shape index (κ1) is 11.6. The second-order valence-electron chi connectivity index (χ2n) is 3.52. The molecule has 0 aromatic carbocycles. The molecule has 88 valence electrons. The third kappa shape index (κ3) is 2.14. The molecule has 0 atom stereocenters. The molecule has 2 heterocycles. The fraction of sp³-hybridized carbons (Fsp3) is 0.182. The summed E-state index contributed by atoms with van der Waals surface area (Å²) in [5.41, 5.74) is 2.68. The van der Waals surface area contributed by atoms with Crippen molar-refractivity contribution >= 4 is 23.5 Å². The average molecular weight is 250 g/mol. The van der Waals surface area contributed by atoms with E-state index < -0.39 is 0 Å². The molecule has 2 aromatic rings. The molecule has 17 heavy (non-hydrogen) atoms. The predicted octanol–water partition coefficient (Wildman–Crippen LogP) is 1.97. The van der Waals surface area contributed by atoms with Crippen molar-refractivity contribution < 1.29 is 0 Å². The van der Waals surface area contributed by atoms with Crippen LogP contribution < -0.4 is 0 Å². The SMILES string of the molecule is C=Nn1cc(-c2cnn(C)c2)cc1/C(Cl)=N\C. The van der Waals surface area contributed by atoms with Gasteiger partial charge in [0.15, 0.2) is 0 Å². The van der Waals surface area contributed by atoms with E-state index in [1.807, 2.05) is 25.5 Å². The van der Waals surface area contributed by atoms with E-state index in [-0.39, 0.29) is 0 Å². The van der Waals surface area contributed by atoms with E-state index in [9.17, 15) is 0 Å². The lowest BCUT2D eigenvalue weighted by Gasteiger charge is -1.97. The third-order valence-corrected chi connectivity index (χ3v) is 2.76. The van der Waals surface area contributed by atoms with Crippen LogP contribution in [0.25, 0.3) is 11.1 Å². The highest BCUT2D eigenvalue weighted by Gasteiger charge is 2.11. The molecule has 0 spiro atoms. The maximum Gasteiger partial charge on any atom is 0.149 e. The number of rotatable bonds is 3. The summed E-state index contributed by atoms with van der Waals surface area (Å²) < 4.78 is 3.33. The predicted molar refractivity (Wildman–Crippen MR) is 69.9 cm³/mol. The first-order valence-electron chi connectivity index (χ1n) is 4.96. The summed E-state index contributed by atoms with van der Waals surface area (Å²) in [4.78, 5) is 3.93. The third-order valence-electron chi connectivity index (χ3n) is 2.40. The van der Waals surface area contributed by atoms with Gasteiger partial charge in [0.05, 0.1) is 6.20 Å². The van der Waals surface area contributed by atoms with Gasteiger partial charge in [-0.25, -0.2) is 4.68 Å². The standard InChI is InChI=1S/C11H12ClN5/c1-13-11(12)10-4-8(7-17(10)14-2)9-5-15-16(3)6-9/h4-7H,2H2,1,3H3/b13-11+. The van der Waals surface area contributed by atoms with E-state index in [4.69, 9.17) is 11.6 Å². The number of aromatic nitrogens is 3. The molecule has 0 aliphatic carbocycles. The van der Waals surface area contributed by atoms with Crippen molar-refractivity contribution in [2.75, 3.05) is 7.05 Å². The smallest absolute Gasteiger partial charge is 0.149 e. The minimum Gasteiger partial charge on any atom is -0.275 e. The minimum absolute atomic E-state index is 0.396. The van der Waals surface area contributed by atoms with Crippen LogP contribution in [0.5, 0.6) is 0 Å². The fourth-order valence-corrected chi connectivity index (χ4v) is 1.71. The lowest BCUT2D eigenvalue weighted by atomic mass is 10.2. The van der Waals surface area contributed by atoms with E-state index in [1.165, 1.54) is 0 Å². The summed E-state index contributed by atoms with van der Waals surface area (Å²) in [5, 5.41) is 8.38. The normalized spacial score (nSPS) is 11.8. The molecule has 0 saturated heterocycles. The lowest BCUT2D eigenvalue weighted by Crippen LogP contribution is -1.98. The van der Waals surface area contributed by atoms with Crippen molar-refractivity contribution in [3.63, 3.8) is 0 Å². The Bertz CT molecular complexity index is 578. The second-order valence-corrected chi connectivity index (χ2v) is 3.88. The minimum atomic E-state index is 0.396. The molecule has 5 nitrogen and oxygen atoms in total. The molecule has 2 rings (SSSR count). The van der Waals surface area contributed by atoms with Crippen LogP contribution >= 0.6 is 11.6 Å². The first-order valence-corrected chi connectivity index (χ1v) is 5.34. The number of aliphatic imine (C=N–C) groups is 1. The Morgan fingerprint density at radius 2 is 2.18 bits per heavy atom. The van der Waals surface area contributed by atoms with Gasteiger partial charge in [0, 0.05) is 44.3 Å². The Kier molecular flexibility index (Phi) is 3.10. The lowest BCUT2D eigenvalue weighted by molar-refractivity contribution is 0.768. The summed E-state index contributed by atoms with van der Waals surface area (Å²) in [6.07, 6.45) is 5.54. The molecule has 0 fully saturated rings.